The highest BCUT2D eigenvalue weighted by Gasteiger charge is 2.15. The van der Waals surface area contributed by atoms with Crippen LogP contribution in [-0.4, -0.2) is 13.6 Å². The largest absolute Gasteiger partial charge is 0.320 e. The molecule has 0 saturated carbocycles. The molecule has 0 aliphatic heterocycles. The molecule has 1 unspecified atom stereocenters. The molecule has 1 rings (SSSR count). The van der Waals surface area contributed by atoms with Crippen molar-refractivity contribution < 1.29 is 4.39 Å². The summed E-state index contributed by atoms with van der Waals surface area (Å²) in [5.74, 6) is 0.977. The zero-order chi connectivity index (χ0) is 12.1. The van der Waals surface area contributed by atoms with Gasteiger partial charge in [0.05, 0.1) is 0 Å². The second kappa shape index (κ2) is 6.00. The molecule has 0 bridgehead atoms. The normalized spacial score (nSPS) is 13.1. The lowest BCUT2D eigenvalue weighted by Crippen LogP contribution is -2.16. The maximum atomic E-state index is 13.2. The number of nitrogens with one attached hydrogen (secondary N) is 1. The predicted octanol–water partition coefficient (Wildman–Crippen LogP) is 3.48. The quantitative estimate of drug-likeness (QED) is 0.805. The number of benzene rings is 1. The highest BCUT2D eigenvalue weighted by Crippen LogP contribution is 2.28. The molecule has 1 N–H and O–H groups in total. The van der Waals surface area contributed by atoms with Crippen LogP contribution in [0.2, 0.25) is 0 Å². The summed E-state index contributed by atoms with van der Waals surface area (Å²) in [5, 5.41) is 3.17. The van der Waals surface area contributed by atoms with Crippen molar-refractivity contribution in [2.45, 2.75) is 33.1 Å². The Labute approximate surface area is 98.1 Å². The van der Waals surface area contributed by atoms with Crippen molar-refractivity contribution in [3.05, 3.63) is 35.1 Å². The summed E-state index contributed by atoms with van der Waals surface area (Å²) in [6.07, 6.45) is 1.10. The Morgan fingerprint density at radius 3 is 2.50 bits per heavy atom. The molecule has 16 heavy (non-hydrogen) atoms. The van der Waals surface area contributed by atoms with Gasteiger partial charge in [0.1, 0.15) is 5.82 Å². The molecule has 0 spiro atoms. The molecule has 0 saturated heterocycles. The summed E-state index contributed by atoms with van der Waals surface area (Å²) >= 11 is 0. The minimum atomic E-state index is -0.111. The van der Waals surface area contributed by atoms with Crippen molar-refractivity contribution in [3.8, 4) is 0 Å². The van der Waals surface area contributed by atoms with E-state index >= 15 is 0 Å². The van der Waals surface area contributed by atoms with E-state index in [0.717, 1.165) is 18.5 Å². The van der Waals surface area contributed by atoms with Gasteiger partial charge in [-0.2, -0.15) is 0 Å². The van der Waals surface area contributed by atoms with E-state index in [4.69, 9.17) is 0 Å². The number of hydrogen-bond acceptors (Lipinski definition) is 1. The molecule has 1 nitrogen and oxygen atoms in total. The Morgan fingerprint density at radius 1 is 1.31 bits per heavy atom. The van der Waals surface area contributed by atoms with Gasteiger partial charge < -0.3 is 5.32 Å². The van der Waals surface area contributed by atoms with Gasteiger partial charge in [-0.25, -0.2) is 4.39 Å². The molecule has 0 aromatic heterocycles. The van der Waals surface area contributed by atoms with E-state index < -0.39 is 0 Å². The number of rotatable bonds is 5. The zero-order valence-corrected chi connectivity index (χ0v) is 10.7. The van der Waals surface area contributed by atoms with Crippen LogP contribution < -0.4 is 5.32 Å². The average molecular weight is 223 g/mol. The van der Waals surface area contributed by atoms with E-state index in [-0.39, 0.29) is 5.82 Å². The third kappa shape index (κ3) is 3.31. The molecule has 1 aromatic rings. The fourth-order valence-corrected chi connectivity index (χ4v) is 2.08. The molecule has 0 fully saturated rings. The topological polar surface area (TPSA) is 12.0 Å². The van der Waals surface area contributed by atoms with Gasteiger partial charge in [0.2, 0.25) is 0 Å². The summed E-state index contributed by atoms with van der Waals surface area (Å²) in [6.45, 7) is 7.27. The van der Waals surface area contributed by atoms with Gasteiger partial charge >= 0.3 is 0 Å². The molecule has 0 radical (unpaired) electrons. The van der Waals surface area contributed by atoms with Crippen LogP contribution in [-0.2, 0) is 0 Å². The van der Waals surface area contributed by atoms with E-state index in [9.17, 15) is 4.39 Å². The highest BCUT2D eigenvalue weighted by molar-refractivity contribution is 5.27. The van der Waals surface area contributed by atoms with Gasteiger partial charge in [0.25, 0.3) is 0 Å². The molecule has 1 aromatic carbocycles. The fourth-order valence-electron chi connectivity index (χ4n) is 2.08. The first-order valence-electron chi connectivity index (χ1n) is 5.97. The first-order valence-corrected chi connectivity index (χ1v) is 5.97. The van der Waals surface area contributed by atoms with Crippen molar-refractivity contribution in [1.29, 1.82) is 0 Å². The minimum absolute atomic E-state index is 0.111. The second-order valence-corrected chi connectivity index (χ2v) is 4.75. The van der Waals surface area contributed by atoms with E-state index in [0.29, 0.717) is 11.8 Å². The minimum Gasteiger partial charge on any atom is -0.320 e. The highest BCUT2D eigenvalue weighted by atomic mass is 19.1. The van der Waals surface area contributed by atoms with Crippen LogP contribution in [0.15, 0.2) is 18.2 Å². The van der Waals surface area contributed by atoms with Crippen LogP contribution in [0.5, 0.6) is 0 Å². The van der Waals surface area contributed by atoms with Crippen LogP contribution in [0, 0.1) is 18.7 Å². The summed E-state index contributed by atoms with van der Waals surface area (Å²) in [5.41, 5.74) is 2.00. The Balaban J connectivity index is 2.88. The predicted molar refractivity (Wildman–Crippen MR) is 67.3 cm³/mol. The molecule has 1 atom stereocenters. The number of aryl methyl sites for hydroxylation is 1. The summed E-state index contributed by atoms with van der Waals surface area (Å²) in [7, 11) is 1.97. The molecule has 0 heterocycles. The number of halogens is 1. The number of hydrogen-bond donors (Lipinski definition) is 1. The van der Waals surface area contributed by atoms with E-state index in [1.807, 2.05) is 26.1 Å². The third-order valence-corrected chi connectivity index (χ3v) is 3.12. The first-order chi connectivity index (χ1) is 7.56. The van der Waals surface area contributed by atoms with Crippen molar-refractivity contribution in [2.24, 2.45) is 5.92 Å². The molecule has 0 aliphatic carbocycles. The van der Waals surface area contributed by atoms with Crippen LogP contribution in [0.25, 0.3) is 0 Å². The first kappa shape index (κ1) is 13.2. The zero-order valence-electron chi connectivity index (χ0n) is 10.7. The van der Waals surface area contributed by atoms with Crippen LogP contribution in [0.4, 0.5) is 4.39 Å². The molecular formula is C14H22FN. The maximum Gasteiger partial charge on any atom is 0.126 e. The van der Waals surface area contributed by atoms with Crippen LogP contribution in [0.1, 0.15) is 37.3 Å². The molecule has 90 valence electrons. The molecule has 0 aliphatic rings. The van der Waals surface area contributed by atoms with Gasteiger partial charge in [-0.3, -0.25) is 0 Å². The van der Waals surface area contributed by atoms with Crippen LogP contribution >= 0.6 is 0 Å². The van der Waals surface area contributed by atoms with E-state index in [1.165, 1.54) is 5.56 Å². The van der Waals surface area contributed by atoms with Crippen molar-refractivity contribution in [2.75, 3.05) is 13.6 Å². The van der Waals surface area contributed by atoms with E-state index in [2.05, 4.69) is 19.2 Å². The lowest BCUT2D eigenvalue weighted by atomic mass is 9.85. The monoisotopic (exact) mass is 223 g/mol. The van der Waals surface area contributed by atoms with Crippen molar-refractivity contribution in [3.63, 3.8) is 0 Å². The summed E-state index contributed by atoms with van der Waals surface area (Å²) < 4.78 is 13.2. The van der Waals surface area contributed by atoms with Gasteiger partial charge in [-0.05, 0) is 56.0 Å². The molecular weight excluding hydrogens is 201 g/mol. The third-order valence-electron chi connectivity index (χ3n) is 3.12. The smallest absolute Gasteiger partial charge is 0.126 e. The Bertz CT molecular complexity index is 334. The average Bonchev–Trinajstić information content (AvgIpc) is 2.23. The SMILES string of the molecule is CNCCC(c1ccc(F)c(C)c1)C(C)C. The maximum absolute atomic E-state index is 13.2. The second-order valence-electron chi connectivity index (χ2n) is 4.75. The molecule has 0 amide bonds. The van der Waals surface area contributed by atoms with Crippen molar-refractivity contribution in [1.82, 2.24) is 5.32 Å². The Kier molecular flexibility index (Phi) is 4.94. The summed E-state index contributed by atoms with van der Waals surface area (Å²) in [6, 6.07) is 5.48. The standard InChI is InChI=1S/C14H22FN/c1-10(2)13(7-8-16-4)12-5-6-14(15)11(3)9-12/h5-6,9-10,13,16H,7-8H2,1-4H3. The molecule has 2 heteroatoms. The van der Waals surface area contributed by atoms with Gasteiger partial charge in [-0.1, -0.05) is 26.0 Å². The van der Waals surface area contributed by atoms with Gasteiger partial charge in [0.15, 0.2) is 0 Å². The van der Waals surface area contributed by atoms with Gasteiger partial charge in [-0.15, -0.1) is 0 Å². The van der Waals surface area contributed by atoms with Crippen molar-refractivity contribution >= 4 is 0 Å². The lowest BCUT2D eigenvalue weighted by molar-refractivity contribution is 0.459. The lowest BCUT2D eigenvalue weighted by Gasteiger charge is -2.21. The fraction of sp³-hybridized carbons (Fsp3) is 0.571. The Hall–Kier alpha value is -0.890. The Morgan fingerprint density at radius 2 is 2.00 bits per heavy atom. The van der Waals surface area contributed by atoms with Crippen LogP contribution in [0.3, 0.4) is 0 Å². The van der Waals surface area contributed by atoms with Gasteiger partial charge in [0, 0.05) is 0 Å². The summed E-state index contributed by atoms with van der Waals surface area (Å²) in [4.78, 5) is 0. The van der Waals surface area contributed by atoms with E-state index in [1.54, 1.807) is 6.07 Å².